The molecule has 0 saturated carbocycles. The lowest BCUT2D eigenvalue weighted by Crippen LogP contribution is -2.32. The van der Waals surface area contributed by atoms with Crippen LogP contribution in [0.25, 0.3) is 0 Å². The van der Waals surface area contributed by atoms with E-state index in [4.69, 9.17) is 0 Å². The van der Waals surface area contributed by atoms with Crippen LogP contribution in [0.4, 0.5) is 4.39 Å². The number of carbonyl (C=O) groups excluding carboxylic acids is 1. The standard InChI is InChI=1S/C17H20FN3O/c1-12-9-13(2)21(19-12)11-17(22)20-8-7-15(10-20)14-3-5-16(18)6-4-14/h3-6,9,15H,7-8,10-11H2,1-2H3. The average Bonchev–Trinajstić information content (AvgIpc) is 3.07. The van der Waals surface area contributed by atoms with E-state index in [0.29, 0.717) is 12.5 Å². The first-order valence-electron chi connectivity index (χ1n) is 7.57. The summed E-state index contributed by atoms with van der Waals surface area (Å²) in [5.74, 6) is 0.167. The van der Waals surface area contributed by atoms with Crippen molar-refractivity contribution in [1.82, 2.24) is 14.7 Å². The Kier molecular flexibility index (Phi) is 3.96. The van der Waals surface area contributed by atoms with E-state index in [-0.39, 0.29) is 18.3 Å². The molecule has 1 fully saturated rings. The summed E-state index contributed by atoms with van der Waals surface area (Å²) >= 11 is 0. The molecule has 0 N–H and O–H groups in total. The van der Waals surface area contributed by atoms with Gasteiger partial charge in [-0.15, -0.1) is 0 Å². The van der Waals surface area contributed by atoms with Gasteiger partial charge in [0.05, 0.1) is 5.69 Å². The minimum atomic E-state index is -0.223. The van der Waals surface area contributed by atoms with E-state index in [1.54, 1.807) is 4.68 Å². The Morgan fingerprint density at radius 2 is 2.05 bits per heavy atom. The lowest BCUT2D eigenvalue weighted by molar-refractivity contribution is -0.131. The molecular weight excluding hydrogens is 281 g/mol. The first-order chi connectivity index (χ1) is 10.5. The van der Waals surface area contributed by atoms with Crippen molar-refractivity contribution in [2.45, 2.75) is 32.7 Å². The predicted octanol–water partition coefficient (Wildman–Crippen LogP) is 2.66. The molecule has 1 atom stereocenters. The summed E-state index contributed by atoms with van der Waals surface area (Å²) in [6, 6.07) is 8.56. The van der Waals surface area contributed by atoms with E-state index in [1.807, 2.05) is 36.9 Å². The summed E-state index contributed by atoms with van der Waals surface area (Å²) < 4.78 is 14.7. The number of halogens is 1. The highest BCUT2D eigenvalue weighted by Gasteiger charge is 2.27. The molecule has 4 nitrogen and oxygen atoms in total. The van der Waals surface area contributed by atoms with Gasteiger partial charge in [-0.3, -0.25) is 9.48 Å². The van der Waals surface area contributed by atoms with Crippen molar-refractivity contribution in [2.75, 3.05) is 13.1 Å². The third-order valence-corrected chi connectivity index (χ3v) is 4.27. The number of amides is 1. The average molecular weight is 301 g/mol. The lowest BCUT2D eigenvalue weighted by Gasteiger charge is -2.17. The largest absolute Gasteiger partial charge is 0.340 e. The van der Waals surface area contributed by atoms with Crippen LogP contribution in [0.1, 0.15) is 29.3 Å². The quantitative estimate of drug-likeness (QED) is 0.874. The fourth-order valence-electron chi connectivity index (χ4n) is 3.06. The van der Waals surface area contributed by atoms with Crippen molar-refractivity contribution in [3.8, 4) is 0 Å². The van der Waals surface area contributed by atoms with Crippen molar-refractivity contribution in [3.63, 3.8) is 0 Å². The van der Waals surface area contributed by atoms with Gasteiger partial charge in [0, 0.05) is 24.7 Å². The molecular formula is C17H20FN3O. The van der Waals surface area contributed by atoms with Gasteiger partial charge in [-0.2, -0.15) is 5.10 Å². The predicted molar refractivity (Wildman–Crippen MR) is 82.0 cm³/mol. The number of hydrogen-bond donors (Lipinski definition) is 0. The minimum Gasteiger partial charge on any atom is -0.340 e. The number of carbonyl (C=O) groups is 1. The molecule has 1 saturated heterocycles. The van der Waals surface area contributed by atoms with Gasteiger partial charge in [-0.05, 0) is 44.0 Å². The van der Waals surface area contributed by atoms with Gasteiger partial charge < -0.3 is 4.90 Å². The van der Waals surface area contributed by atoms with E-state index < -0.39 is 0 Å². The highest BCUT2D eigenvalue weighted by atomic mass is 19.1. The molecule has 1 aromatic heterocycles. The Bertz CT molecular complexity index is 678. The molecule has 1 aliphatic rings. The van der Waals surface area contributed by atoms with Crippen LogP contribution >= 0.6 is 0 Å². The van der Waals surface area contributed by atoms with Crippen LogP contribution in [0.3, 0.4) is 0 Å². The van der Waals surface area contributed by atoms with Crippen LogP contribution in [0.5, 0.6) is 0 Å². The van der Waals surface area contributed by atoms with Crippen LogP contribution in [0, 0.1) is 19.7 Å². The molecule has 0 spiro atoms. The van der Waals surface area contributed by atoms with Gasteiger partial charge in [0.2, 0.25) is 5.91 Å². The maximum Gasteiger partial charge on any atom is 0.244 e. The van der Waals surface area contributed by atoms with E-state index in [2.05, 4.69) is 5.10 Å². The Balaban J connectivity index is 1.63. The topological polar surface area (TPSA) is 38.1 Å². The number of hydrogen-bond acceptors (Lipinski definition) is 2. The summed E-state index contributed by atoms with van der Waals surface area (Å²) in [4.78, 5) is 14.3. The molecule has 1 unspecified atom stereocenters. The third-order valence-electron chi connectivity index (χ3n) is 4.27. The van der Waals surface area contributed by atoms with E-state index in [1.165, 1.54) is 12.1 Å². The third kappa shape index (κ3) is 3.03. The summed E-state index contributed by atoms with van der Waals surface area (Å²) in [6.45, 7) is 5.62. The summed E-state index contributed by atoms with van der Waals surface area (Å²) in [5, 5.41) is 4.34. The lowest BCUT2D eigenvalue weighted by atomic mass is 9.99. The first-order valence-corrected chi connectivity index (χ1v) is 7.57. The van der Waals surface area contributed by atoms with Gasteiger partial charge in [0.25, 0.3) is 0 Å². The Morgan fingerprint density at radius 3 is 2.68 bits per heavy atom. The fourth-order valence-corrected chi connectivity index (χ4v) is 3.06. The number of nitrogens with zero attached hydrogens (tertiary/aromatic N) is 3. The van der Waals surface area contributed by atoms with Gasteiger partial charge in [0.15, 0.2) is 0 Å². The molecule has 116 valence electrons. The maximum atomic E-state index is 13.0. The van der Waals surface area contributed by atoms with E-state index >= 15 is 0 Å². The van der Waals surface area contributed by atoms with Crippen molar-refractivity contribution in [2.24, 2.45) is 0 Å². The van der Waals surface area contributed by atoms with Crippen molar-refractivity contribution in [1.29, 1.82) is 0 Å². The summed E-state index contributed by atoms with van der Waals surface area (Å²) in [7, 11) is 0. The zero-order chi connectivity index (χ0) is 15.7. The van der Waals surface area contributed by atoms with Gasteiger partial charge in [0.1, 0.15) is 12.4 Å². The molecule has 0 bridgehead atoms. The Morgan fingerprint density at radius 1 is 1.32 bits per heavy atom. The number of likely N-dealkylation sites (tertiary alicyclic amines) is 1. The molecule has 5 heteroatoms. The second kappa shape index (κ2) is 5.91. The number of benzene rings is 1. The molecule has 1 amide bonds. The second-order valence-electron chi connectivity index (χ2n) is 5.96. The van der Waals surface area contributed by atoms with Gasteiger partial charge in [-0.1, -0.05) is 12.1 Å². The summed E-state index contributed by atoms with van der Waals surface area (Å²) in [6.07, 6.45) is 0.925. The second-order valence-corrected chi connectivity index (χ2v) is 5.96. The number of aromatic nitrogens is 2. The normalized spacial score (nSPS) is 18.0. The highest BCUT2D eigenvalue weighted by molar-refractivity contribution is 5.76. The zero-order valence-electron chi connectivity index (χ0n) is 12.9. The fraction of sp³-hybridized carbons (Fsp3) is 0.412. The zero-order valence-corrected chi connectivity index (χ0v) is 12.9. The Hall–Kier alpha value is -2.17. The highest BCUT2D eigenvalue weighted by Crippen LogP contribution is 2.27. The van der Waals surface area contributed by atoms with Crippen molar-refractivity contribution >= 4 is 5.91 Å². The molecule has 1 aliphatic heterocycles. The number of rotatable bonds is 3. The van der Waals surface area contributed by atoms with E-state index in [9.17, 15) is 9.18 Å². The van der Waals surface area contributed by atoms with Crippen LogP contribution < -0.4 is 0 Å². The smallest absolute Gasteiger partial charge is 0.244 e. The van der Waals surface area contributed by atoms with Crippen molar-refractivity contribution in [3.05, 3.63) is 53.1 Å². The molecule has 3 rings (SSSR count). The maximum absolute atomic E-state index is 13.0. The molecule has 0 aliphatic carbocycles. The van der Waals surface area contributed by atoms with Crippen LogP contribution in [-0.4, -0.2) is 33.7 Å². The SMILES string of the molecule is Cc1cc(C)n(CC(=O)N2CCC(c3ccc(F)cc3)C2)n1. The molecule has 22 heavy (non-hydrogen) atoms. The van der Waals surface area contributed by atoms with Crippen LogP contribution in [0.15, 0.2) is 30.3 Å². The van der Waals surface area contributed by atoms with Crippen LogP contribution in [0.2, 0.25) is 0 Å². The minimum absolute atomic E-state index is 0.0933. The Labute approximate surface area is 129 Å². The monoisotopic (exact) mass is 301 g/mol. The summed E-state index contributed by atoms with van der Waals surface area (Å²) in [5.41, 5.74) is 3.03. The van der Waals surface area contributed by atoms with Gasteiger partial charge in [-0.25, -0.2) is 4.39 Å². The van der Waals surface area contributed by atoms with E-state index in [0.717, 1.165) is 29.9 Å². The molecule has 0 radical (unpaired) electrons. The first kappa shape index (κ1) is 14.8. The molecule has 1 aromatic carbocycles. The molecule has 2 heterocycles. The molecule has 2 aromatic rings. The van der Waals surface area contributed by atoms with Gasteiger partial charge >= 0.3 is 0 Å². The van der Waals surface area contributed by atoms with Crippen LogP contribution in [-0.2, 0) is 11.3 Å². The number of aryl methyl sites for hydroxylation is 2. The van der Waals surface area contributed by atoms with Crippen molar-refractivity contribution < 1.29 is 9.18 Å².